The summed E-state index contributed by atoms with van der Waals surface area (Å²) < 4.78 is -0.0796. The molecule has 0 bridgehead atoms. The highest BCUT2D eigenvalue weighted by molar-refractivity contribution is 8.02. The summed E-state index contributed by atoms with van der Waals surface area (Å²) in [5.74, 6) is 0.224. The number of rotatable bonds is 6. The highest BCUT2D eigenvalue weighted by Crippen LogP contribution is 2.35. The zero-order valence-corrected chi connectivity index (χ0v) is 14.6. The van der Waals surface area contributed by atoms with Crippen molar-refractivity contribution in [3.63, 3.8) is 0 Å². The first-order valence-corrected chi connectivity index (χ1v) is 8.93. The van der Waals surface area contributed by atoms with Crippen LogP contribution in [0.3, 0.4) is 0 Å². The summed E-state index contributed by atoms with van der Waals surface area (Å²) in [5.41, 5.74) is 5.90. The van der Waals surface area contributed by atoms with Crippen molar-refractivity contribution in [2.75, 3.05) is 32.4 Å². The standard InChI is InChI=1S/C14H27N3OS2/c1-5-16(6-2)12(18)11(3)17-9-7-14(20-4,8-10-17)13(15)19/h11H,5-10H2,1-4H3,(H2,15,19). The fourth-order valence-electron chi connectivity index (χ4n) is 2.78. The number of nitrogens with two attached hydrogens (primary N) is 1. The highest BCUT2D eigenvalue weighted by Gasteiger charge is 2.39. The molecule has 116 valence electrons. The van der Waals surface area contributed by atoms with E-state index in [-0.39, 0.29) is 16.7 Å². The molecule has 4 nitrogen and oxygen atoms in total. The maximum absolute atomic E-state index is 12.4. The fourth-order valence-corrected chi connectivity index (χ4v) is 4.03. The SMILES string of the molecule is CCN(CC)C(=O)C(C)N1CCC(SC)(C(N)=S)CC1. The molecule has 1 rings (SSSR count). The van der Waals surface area contributed by atoms with Crippen molar-refractivity contribution in [1.29, 1.82) is 0 Å². The number of nitrogens with zero attached hydrogens (tertiary/aromatic N) is 2. The second kappa shape index (κ2) is 7.61. The Morgan fingerprint density at radius 1 is 1.40 bits per heavy atom. The Morgan fingerprint density at radius 2 is 1.90 bits per heavy atom. The largest absolute Gasteiger partial charge is 0.392 e. The van der Waals surface area contributed by atoms with E-state index in [9.17, 15) is 4.79 Å². The Morgan fingerprint density at radius 3 is 2.25 bits per heavy atom. The Hall–Kier alpha value is -0.330. The van der Waals surface area contributed by atoms with E-state index in [0.717, 1.165) is 39.0 Å². The second-order valence-corrected chi connectivity index (χ2v) is 6.91. The molecule has 1 aliphatic heterocycles. The van der Waals surface area contributed by atoms with Crippen molar-refractivity contribution in [1.82, 2.24) is 9.80 Å². The van der Waals surface area contributed by atoms with Gasteiger partial charge in [0, 0.05) is 26.2 Å². The first-order chi connectivity index (χ1) is 9.41. The van der Waals surface area contributed by atoms with Crippen molar-refractivity contribution < 1.29 is 4.79 Å². The van der Waals surface area contributed by atoms with Crippen molar-refractivity contribution >= 4 is 34.9 Å². The lowest BCUT2D eigenvalue weighted by Crippen LogP contribution is -2.54. The number of carbonyl (C=O) groups excluding carboxylic acids is 1. The van der Waals surface area contributed by atoms with E-state index < -0.39 is 0 Å². The number of hydrogen-bond donors (Lipinski definition) is 1. The summed E-state index contributed by atoms with van der Waals surface area (Å²) in [5, 5.41) is 0. The zero-order chi connectivity index (χ0) is 15.3. The Balaban J connectivity index is 2.65. The van der Waals surface area contributed by atoms with Gasteiger partial charge in [-0.05, 0) is 39.9 Å². The molecular weight excluding hydrogens is 290 g/mol. The number of thiocarbonyl (C=S) groups is 1. The average Bonchev–Trinajstić information content (AvgIpc) is 2.47. The van der Waals surface area contributed by atoms with E-state index >= 15 is 0 Å². The molecule has 6 heteroatoms. The van der Waals surface area contributed by atoms with Gasteiger partial charge in [0.05, 0.1) is 15.8 Å². The number of carbonyl (C=O) groups is 1. The third-order valence-electron chi connectivity index (χ3n) is 4.43. The van der Waals surface area contributed by atoms with Crippen LogP contribution in [0.15, 0.2) is 0 Å². The summed E-state index contributed by atoms with van der Waals surface area (Å²) >= 11 is 6.98. The van der Waals surface area contributed by atoms with Gasteiger partial charge in [-0.2, -0.15) is 11.8 Å². The van der Waals surface area contributed by atoms with E-state index in [4.69, 9.17) is 18.0 Å². The van der Waals surface area contributed by atoms with Crippen LogP contribution in [0.1, 0.15) is 33.6 Å². The van der Waals surface area contributed by atoms with Crippen LogP contribution in [0.2, 0.25) is 0 Å². The summed E-state index contributed by atoms with van der Waals surface area (Å²) in [7, 11) is 0. The van der Waals surface area contributed by atoms with E-state index in [0.29, 0.717) is 4.99 Å². The molecule has 0 aromatic carbocycles. The van der Waals surface area contributed by atoms with E-state index in [2.05, 4.69) is 11.2 Å². The lowest BCUT2D eigenvalue weighted by atomic mass is 9.94. The fraction of sp³-hybridized carbons (Fsp3) is 0.857. The third kappa shape index (κ3) is 3.65. The van der Waals surface area contributed by atoms with E-state index in [1.54, 1.807) is 11.8 Å². The van der Waals surface area contributed by atoms with Gasteiger partial charge >= 0.3 is 0 Å². The van der Waals surface area contributed by atoms with Crippen molar-refractivity contribution in [3.05, 3.63) is 0 Å². The van der Waals surface area contributed by atoms with Gasteiger partial charge in [-0.15, -0.1) is 0 Å². The van der Waals surface area contributed by atoms with Gasteiger partial charge in [0.1, 0.15) is 0 Å². The van der Waals surface area contributed by atoms with Gasteiger partial charge in [-0.1, -0.05) is 12.2 Å². The summed E-state index contributed by atoms with van der Waals surface area (Å²) in [6, 6.07) is -0.0545. The minimum Gasteiger partial charge on any atom is -0.392 e. The minimum atomic E-state index is -0.0796. The van der Waals surface area contributed by atoms with Crippen LogP contribution in [0, 0.1) is 0 Å². The smallest absolute Gasteiger partial charge is 0.239 e. The Bertz CT molecular complexity index is 350. The second-order valence-electron chi connectivity index (χ2n) is 5.29. The molecule has 1 saturated heterocycles. The quantitative estimate of drug-likeness (QED) is 0.756. The first-order valence-electron chi connectivity index (χ1n) is 7.29. The van der Waals surface area contributed by atoms with Crippen LogP contribution in [-0.2, 0) is 4.79 Å². The van der Waals surface area contributed by atoms with Crippen LogP contribution in [0.4, 0.5) is 0 Å². The van der Waals surface area contributed by atoms with E-state index in [1.165, 1.54) is 0 Å². The predicted molar refractivity (Wildman–Crippen MR) is 91.2 cm³/mol. The van der Waals surface area contributed by atoms with Crippen LogP contribution in [0.25, 0.3) is 0 Å². The lowest BCUT2D eigenvalue weighted by Gasteiger charge is -2.42. The number of thioether (sulfide) groups is 1. The number of hydrogen-bond acceptors (Lipinski definition) is 4. The summed E-state index contributed by atoms with van der Waals surface area (Å²) in [4.78, 5) is 17.2. The third-order valence-corrected chi connectivity index (χ3v) is 6.36. The molecule has 0 saturated carbocycles. The van der Waals surface area contributed by atoms with Crippen LogP contribution >= 0.6 is 24.0 Å². The zero-order valence-electron chi connectivity index (χ0n) is 13.0. The monoisotopic (exact) mass is 317 g/mol. The van der Waals surface area contributed by atoms with Crippen LogP contribution in [0.5, 0.6) is 0 Å². The molecule has 2 N–H and O–H groups in total. The van der Waals surface area contributed by atoms with Gasteiger partial charge in [-0.3, -0.25) is 9.69 Å². The molecule has 0 radical (unpaired) electrons. The molecule has 1 fully saturated rings. The maximum Gasteiger partial charge on any atom is 0.239 e. The highest BCUT2D eigenvalue weighted by atomic mass is 32.2. The Labute approximate surface area is 132 Å². The van der Waals surface area contributed by atoms with Gasteiger partial charge in [0.25, 0.3) is 0 Å². The molecule has 0 spiro atoms. The number of amides is 1. The minimum absolute atomic E-state index is 0.0545. The van der Waals surface area contributed by atoms with Crippen LogP contribution < -0.4 is 5.73 Å². The number of likely N-dealkylation sites (tertiary alicyclic amines) is 1. The van der Waals surface area contributed by atoms with E-state index in [1.807, 2.05) is 25.7 Å². The molecule has 20 heavy (non-hydrogen) atoms. The molecule has 1 aliphatic rings. The average molecular weight is 318 g/mol. The van der Waals surface area contributed by atoms with Gasteiger partial charge in [0.15, 0.2) is 0 Å². The normalized spacial score (nSPS) is 20.4. The van der Waals surface area contributed by atoms with Crippen LogP contribution in [-0.4, -0.2) is 63.9 Å². The van der Waals surface area contributed by atoms with Crippen molar-refractivity contribution in [3.8, 4) is 0 Å². The van der Waals surface area contributed by atoms with Gasteiger partial charge in [0.2, 0.25) is 5.91 Å². The first kappa shape index (κ1) is 17.7. The predicted octanol–water partition coefficient (Wildman–Crippen LogP) is 1.73. The molecule has 1 atom stereocenters. The molecule has 0 aliphatic carbocycles. The number of likely N-dealkylation sites (N-methyl/N-ethyl adjacent to an activating group) is 1. The molecule has 0 aromatic rings. The molecular formula is C14H27N3OS2. The molecule has 0 aromatic heterocycles. The summed E-state index contributed by atoms with van der Waals surface area (Å²) in [6.07, 6.45) is 3.93. The number of piperidine rings is 1. The van der Waals surface area contributed by atoms with Gasteiger partial charge < -0.3 is 10.6 Å². The van der Waals surface area contributed by atoms with Crippen molar-refractivity contribution in [2.24, 2.45) is 5.73 Å². The Kier molecular flexibility index (Phi) is 6.75. The molecule has 1 amide bonds. The lowest BCUT2D eigenvalue weighted by molar-refractivity contribution is -0.136. The topological polar surface area (TPSA) is 49.6 Å². The summed E-state index contributed by atoms with van der Waals surface area (Å²) in [6.45, 7) is 9.36. The van der Waals surface area contributed by atoms with Crippen molar-refractivity contribution in [2.45, 2.75) is 44.4 Å². The maximum atomic E-state index is 12.4. The molecule has 1 unspecified atom stereocenters. The van der Waals surface area contributed by atoms with Gasteiger partial charge in [-0.25, -0.2) is 0 Å². The molecule has 1 heterocycles.